The summed E-state index contributed by atoms with van der Waals surface area (Å²) in [6.45, 7) is 13.3. The van der Waals surface area contributed by atoms with Crippen molar-refractivity contribution in [3.8, 4) is 0 Å². The Bertz CT molecular complexity index is 617. The molecule has 0 unspecified atom stereocenters. The van der Waals surface area contributed by atoms with Crippen LogP contribution in [-0.2, 0) is 17.8 Å². The van der Waals surface area contributed by atoms with Crippen LogP contribution < -0.4 is 0 Å². The van der Waals surface area contributed by atoms with E-state index in [0.717, 1.165) is 70.4 Å². The maximum absolute atomic E-state index is 5.56. The van der Waals surface area contributed by atoms with Crippen LogP contribution in [0, 0.1) is 0 Å². The van der Waals surface area contributed by atoms with Gasteiger partial charge in [-0.25, -0.2) is 4.98 Å². The Morgan fingerprint density at radius 2 is 1.78 bits per heavy atom. The molecular weight excluding hydrogens is 288 g/mol. The molecule has 0 amide bonds. The molecule has 0 saturated carbocycles. The van der Waals surface area contributed by atoms with Crippen LogP contribution in [0.3, 0.4) is 0 Å². The molecule has 0 spiro atoms. The van der Waals surface area contributed by atoms with E-state index in [1.165, 1.54) is 5.52 Å². The fourth-order valence-electron chi connectivity index (χ4n) is 3.26. The summed E-state index contributed by atoms with van der Waals surface area (Å²) in [6, 6.07) is 8.41. The lowest BCUT2D eigenvalue weighted by atomic mass is 10.3. The predicted octanol–water partition coefficient (Wildman–Crippen LogP) is 2.21. The molecule has 0 radical (unpaired) electrons. The highest BCUT2D eigenvalue weighted by molar-refractivity contribution is 5.75. The van der Waals surface area contributed by atoms with Crippen LogP contribution in [-0.4, -0.2) is 65.3 Å². The van der Waals surface area contributed by atoms with Crippen molar-refractivity contribution in [3.63, 3.8) is 0 Å². The number of ether oxygens (including phenoxy) is 1. The molecule has 5 heteroatoms. The number of rotatable bonds is 7. The molecule has 23 heavy (non-hydrogen) atoms. The Morgan fingerprint density at radius 3 is 2.52 bits per heavy atom. The average Bonchev–Trinajstić information content (AvgIpc) is 2.93. The Hall–Kier alpha value is -1.43. The third-order valence-corrected chi connectivity index (χ3v) is 4.67. The summed E-state index contributed by atoms with van der Waals surface area (Å²) in [5.74, 6) is 1.16. The first kappa shape index (κ1) is 16.4. The second-order valence-electron chi connectivity index (χ2n) is 6.08. The molecule has 0 atom stereocenters. The first-order valence-electron chi connectivity index (χ1n) is 8.78. The summed E-state index contributed by atoms with van der Waals surface area (Å²) in [4.78, 5) is 9.90. The SMILES string of the molecule is CCOCCn1c(CN2CCN(CC)CC2)nc2ccccc21. The van der Waals surface area contributed by atoms with Crippen LogP contribution in [0.4, 0.5) is 0 Å². The summed E-state index contributed by atoms with van der Waals surface area (Å²) >= 11 is 0. The van der Waals surface area contributed by atoms with Gasteiger partial charge in [0.25, 0.3) is 0 Å². The molecular formula is C18H28N4O. The second-order valence-corrected chi connectivity index (χ2v) is 6.08. The van der Waals surface area contributed by atoms with Crippen molar-refractivity contribution in [1.29, 1.82) is 0 Å². The molecule has 1 aliphatic rings. The Balaban J connectivity index is 1.75. The quantitative estimate of drug-likeness (QED) is 0.734. The number of likely N-dealkylation sites (N-methyl/N-ethyl adjacent to an activating group) is 1. The van der Waals surface area contributed by atoms with Gasteiger partial charge in [0.05, 0.1) is 24.2 Å². The molecule has 1 saturated heterocycles. The number of imidazole rings is 1. The lowest BCUT2D eigenvalue weighted by Gasteiger charge is -2.33. The number of hydrogen-bond acceptors (Lipinski definition) is 4. The first-order valence-corrected chi connectivity index (χ1v) is 8.78. The molecule has 126 valence electrons. The highest BCUT2D eigenvalue weighted by Gasteiger charge is 2.18. The van der Waals surface area contributed by atoms with Crippen molar-refractivity contribution in [3.05, 3.63) is 30.1 Å². The number of hydrogen-bond donors (Lipinski definition) is 0. The minimum absolute atomic E-state index is 0.744. The molecule has 0 N–H and O–H groups in total. The molecule has 3 rings (SSSR count). The summed E-state index contributed by atoms with van der Waals surface area (Å²) in [6.07, 6.45) is 0. The number of piperazine rings is 1. The average molecular weight is 316 g/mol. The lowest BCUT2D eigenvalue weighted by Crippen LogP contribution is -2.45. The van der Waals surface area contributed by atoms with Gasteiger partial charge in [0.15, 0.2) is 0 Å². The number of para-hydroxylation sites is 2. The van der Waals surface area contributed by atoms with E-state index in [-0.39, 0.29) is 0 Å². The van der Waals surface area contributed by atoms with E-state index in [0.29, 0.717) is 0 Å². The van der Waals surface area contributed by atoms with Crippen LogP contribution in [0.25, 0.3) is 11.0 Å². The van der Waals surface area contributed by atoms with Crippen molar-refractivity contribution >= 4 is 11.0 Å². The smallest absolute Gasteiger partial charge is 0.124 e. The predicted molar refractivity (Wildman–Crippen MR) is 93.6 cm³/mol. The van der Waals surface area contributed by atoms with Gasteiger partial charge in [-0.05, 0) is 25.6 Å². The first-order chi connectivity index (χ1) is 11.3. The topological polar surface area (TPSA) is 33.5 Å². The normalized spacial score (nSPS) is 17.1. The van der Waals surface area contributed by atoms with E-state index >= 15 is 0 Å². The zero-order valence-corrected chi connectivity index (χ0v) is 14.4. The minimum Gasteiger partial charge on any atom is -0.380 e. The monoisotopic (exact) mass is 316 g/mol. The summed E-state index contributed by atoms with van der Waals surface area (Å²) in [5.41, 5.74) is 2.31. The van der Waals surface area contributed by atoms with E-state index < -0.39 is 0 Å². The molecule has 2 heterocycles. The van der Waals surface area contributed by atoms with Crippen LogP contribution in [0.1, 0.15) is 19.7 Å². The molecule has 2 aromatic rings. The van der Waals surface area contributed by atoms with Crippen molar-refractivity contribution in [1.82, 2.24) is 19.4 Å². The molecule has 0 aliphatic carbocycles. The van der Waals surface area contributed by atoms with E-state index in [1.54, 1.807) is 0 Å². The molecule has 0 bridgehead atoms. The van der Waals surface area contributed by atoms with Crippen molar-refractivity contribution in [2.24, 2.45) is 0 Å². The van der Waals surface area contributed by atoms with Gasteiger partial charge in [0.1, 0.15) is 5.82 Å². The van der Waals surface area contributed by atoms with E-state index in [4.69, 9.17) is 9.72 Å². The van der Waals surface area contributed by atoms with Gasteiger partial charge in [-0.15, -0.1) is 0 Å². The zero-order valence-electron chi connectivity index (χ0n) is 14.4. The zero-order chi connectivity index (χ0) is 16.1. The lowest BCUT2D eigenvalue weighted by molar-refractivity contribution is 0.124. The van der Waals surface area contributed by atoms with Gasteiger partial charge >= 0.3 is 0 Å². The number of fused-ring (bicyclic) bond motifs is 1. The van der Waals surface area contributed by atoms with Crippen molar-refractivity contribution < 1.29 is 4.74 Å². The van der Waals surface area contributed by atoms with Gasteiger partial charge < -0.3 is 14.2 Å². The highest BCUT2D eigenvalue weighted by Crippen LogP contribution is 2.18. The van der Waals surface area contributed by atoms with E-state index in [1.807, 2.05) is 6.92 Å². The molecule has 1 fully saturated rings. The second kappa shape index (κ2) is 7.90. The Labute approximate surface area is 138 Å². The molecule has 1 aromatic carbocycles. The largest absolute Gasteiger partial charge is 0.380 e. The molecule has 1 aromatic heterocycles. The van der Waals surface area contributed by atoms with Gasteiger partial charge in [0.2, 0.25) is 0 Å². The van der Waals surface area contributed by atoms with Crippen LogP contribution in [0.15, 0.2) is 24.3 Å². The fraction of sp³-hybridized carbons (Fsp3) is 0.611. The van der Waals surface area contributed by atoms with Crippen LogP contribution in [0.2, 0.25) is 0 Å². The van der Waals surface area contributed by atoms with Gasteiger partial charge in [-0.1, -0.05) is 19.1 Å². The maximum atomic E-state index is 5.56. The van der Waals surface area contributed by atoms with Gasteiger partial charge in [-0.3, -0.25) is 4.90 Å². The fourth-order valence-corrected chi connectivity index (χ4v) is 3.26. The van der Waals surface area contributed by atoms with Crippen LogP contribution in [0.5, 0.6) is 0 Å². The number of aromatic nitrogens is 2. The Kier molecular flexibility index (Phi) is 5.65. The van der Waals surface area contributed by atoms with Crippen LogP contribution >= 0.6 is 0 Å². The van der Waals surface area contributed by atoms with E-state index in [2.05, 4.69) is 45.6 Å². The molecule has 1 aliphatic heterocycles. The van der Waals surface area contributed by atoms with Gasteiger partial charge in [0, 0.05) is 39.3 Å². The third kappa shape index (κ3) is 3.91. The molecule has 5 nitrogen and oxygen atoms in total. The highest BCUT2D eigenvalue weighted by atomic mass is 16.5. The summed E-state index contributed by atoms with van der Waals surface area (Å²) < 4.78 is 7.89. The van der Waals surface area contributed by atoms with Crippen molar-refractivity contribution in [2.75, 3.05) is 45.9 Å². The number of nitrogens with zero attached hydrogens (tertiary/aromatic N) is 4. The van der Waals surface area contributed by atoms with E-state index in [9.17, 15) is 0 Å². The summed E-state index contributed by atoms with van der Waals surface area (Å²) in [7, 11) is 0. The standard InChI is InChI=1S/C18H28N4O/c1-3-20-9-11-21(12-10-20)15-18-19-16-7-5-6-8-17(16)22(18)13-14-23-4-2/h5-8H,3-4,9-15H2,1-2H3. The third-order valence-electron chi connectivity index (χ3n) is 4.67. The van der Waals surface area contributed by atoms with Gasteiger partial charge in [-0.2, -0.15) is 0 Å². The van der Waals surface area contributed by atoms with Crippen molar-refractivity contribution in [2.45, 2.75) is 26.9 Å². The maximum Gasteiger partial charge on any atom is 0.124 e. The minimum atomic E-state index is 0.744. The summed E-state index contributed by atoms with van der Waals surface area (Å²) in [5, 5.41) is 0. The number of benzene rings is 1. The Morgan fingerprint density at radius 1 is 1.04 bits per heavy atom.